The number of pyridine rings is 2. The highest BCUT2D eigenvalue weighted by atomic mass is 16.1. The summed E-state index contributed by atoms with van der Waals surface area (Å²) in [4.78, 5) is 16.6. The maximum Gasteiger partial charge on any atom is 0.296 e. The Morgan fingerprint density at radius 1 is 1.16 bits per heavy atom. The molecule has 3 saturated carbocycles. The molecule has 0 saturated heterocycles. The van der Waals surface area contributed by atoms with Crippen molar-refractivity contribution in [1.82, 2.24) is 29.7 Å². The first-order valence-corrected chi connectivity index (χ1v) is 12.8. The summed E-state index contributed by atoms with van der Waals surface area (Å²) in [7, 11) is 1.88. The monoisotopic (exact) mass is 504 g/mol. The second kappa shape index (κ2) is 9.04. The van der Waals surface area contributed by atoms with E-state index in [0.717, 1.165) is 59.3 Å². The second-order valence-corrected chi connectivity index (χ2v) is 10.7. The van der Waals surface area contributed by atoms with Crippen molar-refractivity contribution in [2.45, 2.75) is 44.2 Å². The fourth-order valence-corrected chi connectivity index (χ4v) is 6.37. The molecular formula is C29H28N8O. The number of nitrogens with zero attached hydrogens (tertiary/aromatic N) is 6. The molecule has 9 heteroatoms. The number of aromatic nitrogens is 5. The van der Waals surface area contributed by atoms with Gasteiger partial charge in [0.2, 0.25) is 0 Å². The zero-order valence-electron chi connectivity index (χ0n) is 21.3. The molecule has 3 aliphatic carbocycles. The molecule has 4 unspecified atom stereocenters. The van der Waals surface area contributed by atoms with Crippen molar-refractivity contribution in [3.63, 3.8) is 0 Å². The molecule has 4 atom stereocenters. The quantitative estimate of drug-likeness (QED) is 0.400. The Balaban J connectivity index is 1.26. The zero-order valence-corrected chi connectivity index (χ0v) is 21.3. The predicted molar refractivity (Wildman–Crippen MR) is 144 cm³/mol. The van der Waals surface area contributed by atoms with Crippen molar-refractivity contribution in [3.05, 3.63) is 54.7 Å². The summed E-state index contributed by atoms with van der Waals surface area (Å²) in [6.07, 6.45) is 18.5. The van der Waals surface area contributed by atoms with Gasteiger partial charge in [0.05, 0.1) is 23.5 Å². The lowest BCUT2D eigenvalue weighted by molar-refractivity contribution is -0.119. The molecule has 0 aliphatic heterocycles. The van der Waals surface area contributed by atoms with E-state index >= 15 is 0 Å². The van der Waals surface area contributed by atoms with Crippen LogP contribution in [0, 0.1) is 35.5 Å². The van der Waals surface area contributed by atoms with E-state index in [9.17, 15) is 10.1 Å². The van der Waals surface area contributed by atoms with Crippen molar-refractivity contribution in [2.75, 3.05) is 5.32 Å². The number of carbonyl (C=O) groups excluding carboxylic acids is 1. The Morgan fingerprint density at radius 3 is 2.68 bits per heavy atom. The van der Waals surface area contributed by atoms with Gasteiger partial charge in [0, 0.05) is 59.5 Å². The number of aryl methyl sites for hydroxylation is 1. The number of nitrogens with one attached hydrogen (secondary N) is 2. The van der Waals surface area contributed by atoms with Gasteiger partial charge in [-0.2, -0.15) is 15.5 Å². The summed E-state index contributed by atoms with van der Waals surface area (Å²) in [5.41, 5.74) is 4.71. The molecule has 3 fully saturated rings. The number of terminal acetylenes is 1. The highest BCUT2D eigenvalue weighted by Crippen LogP contribution is 2.48. The van der Waals surface area contributed by atoms with Gasteiger partial charge < -0.3 is 10.6 Å². The van der Waals surface area contributed by atoms with Crippen LogP contribution in [0.4, 0.5) is 5.82 Å². The van der Waals surface area contributed by atoms with Gasteiger partial charge >= 0.3 is 0 Å². The Bertz CT molecular complexity index is 1620. The lowest BCUT2D eigenvalue weighted by atomic mass is 9.59. The zero-order chi connectivity index (χ0) is 26.4. The van der Waals surface area contributed by atoms with Crippen LogP contribution in [0.5, 0.6) is 0 Å². The first-order chi connectivity index (χ1) is 18.4. The highest BCUT2D eigenvalue weighted by Gasteiger charge is 2.49. The van der Waals surface area contributed by atoms with Crippen LogP contribution in [0.2, 0.25) is 0 Å². The van der Waals surface area contributed by atoms with Gasteiger partial charge in [-0.15, -0.1) is 6.42 Å². The van der Waals surface area contributed by atoms with Gasteiger partial charge in [-0.1, -0.05) is 0 Å². The molecule has 2 bridgehead atoms. The van der Waals surface area contributed by atoms with Crippen LogP contribution in [0.3, 0.4) is 0 Å². The molecule has 2 N–H and O–H groups in total. The van der Waals surface area contributed by atoms with Gasteiger partial charge in [-0.25, -0.2) is 9.50 Å². The average Bonchev–Trinajstić information content (AvgIpc) is 3.55. The third-order valence-corrected chi connectivity index (χ3v) is 8.29. The van der Waals surface area contributed by atoms with Crippen molar-refractivity contribution in [2.24, 2.45) is 18.9 Å². The molecule has 0 spiro atoms. The number of hydrogen-bond donors (Lipinski definition) is 2. The first-order valence-electron chi connectivity index (χ1n) is 12.8. The van der Waals surface area contributed by atoms with Gasteiger partial charge in [0.25, 0.3) is 5.91 Å². The number of fused-ring (bicyclic) bond motifs is 4. The number of rotatable bonds is 5. The van der Waals surface area contributed by atoms with Crippen molar-refractivity contribution in [1.29, 1.82) is 5.26 Å². The molecule has 4 heterocycles. The first kappa shape index (κ1) is 23.7. The number of nitriles is 1. The summed E-state index contributed by atoms with van der Waals surface area (Å²) >= 11 is 0. The molecule has 4 aromatic rings. The molecule has 0 aromatic carbocycles. The lowest BCUT2D eigenvalue weighted by Gasteiger charge is -2.53. The minimum Gasteiger partial charge on any atom is -0.367 e. The third-order valence-electron chi connectivity index (χ3n) is 8.29. The van der Waals surface area contributed by atoms with E-state index in [1.807, 2.05) is 44.0 Å². The van der Waals surface area contributed by atoms with E-state index in [2.05, 4.69) is 45.8 Å². The van der Waals surface area contributed by atoms with Gasteiger partial charge in [-0.05, 0) is 68.6 Å². The third kappa shape index (κ3) is 4.06. The SMILES string of the molecule is C#CC(=O)NC1(C)CC2CCC1CC2Nc1ccc(-c2cc(-c3cnn(C)c3)cn3ncc(C#N)c23)cn1. The molecular weight excluding hydrogens is 476 g/mol. The van der Waals surface area contributed by atoms with E-state index in [4.69, 9.17) is 11.4 Å². The van der Waals surface area contributed by atoms with E-state index in [1.54, 1.807) is 15.4 Å². The highest BCUT2D eigenvalue weighted by molar-refractivity contribution is 5.93. The summed E-state index contributed by atoms with van der Waals surface area (Å²) in [5, 5.41) is 25.1. The van der Waals surface area contributed by atoms with Crippen LogP contribution in [-0.4, -0.2) is 41.9 Å². The van der Waals surface area contributed by atoms with Crippen LogP contribution in [-0.2, 0) is 11.8 Å². The maximum absolute atomic E-state index is 11.9. The van der Waals surface area contributed by atoms with Crippen LogP contribution in [0.15, 0.2) is 49.2 Å². The van der Waals surface area contributed by atoms with Gasteiger partial charge in [0.15, 0.2) is 0 Å². The van der Waals surface area contributed by atoms with Crippen LogP contribution >= 0.6 is 0 Å². The molecule has 0 radical (unpaired) electrons. The number of hydrogen-bond acceptors (Lipinski definition) is 6. The number of carbonyl (C=O) groups is 1. The smallest absolute Gasteiger partial charge is 0.296 e. The topological polar surface area (TPSA) is 113 Å². The number of anilines is 1. The molecule has 4 aromatic heterocycles. The summed E-state index contributed by atoms with van der Waals surface area (Å²) in [6.45, 7) is 2.12. The summed E-state index contributed by atoms with van der Waals surface area (Å²) in [5.74, 6) is 3.48. The lowest BCUT2D eigenvalue weighted by Crippen LogP contribution is -2.61. The van der Waals surface area contributed by atoms with E-state index in [0.29, 0.717) is 23.4 Å². The minimum atomic E-state index is -0.332. The van der Waals surface area contributed by atoms with Crippen LogP contribution < -0.4 is 10.6 Å². The minimum absolute atomic E-state index is 0.254. The Kier molecular flexibility index (Phi) is 5.65. The molecule has 38 heavy (non-hydrogen) atoms. The molecule has 7 rings (SSSR count). The second-order valence-electron chi connectivity index (χ2n) is 10.7. The largest absolute Gasteiger partial charge is 0.367 e. The van der Waals surface area contributed by atoms with E-state index in [1.165, 1.54) is 0 Å². The average molecular weight is 505 g/mol. The Hall–Kier alpha value is -4.63. The maximum atomic E-state index is 11.9. The summed E-state index contributed by atoms with van der Waals surface area (Å²) < 4.78 is 3.51. The standard InChI is InChI=1S/C29H28N8O/c1-4-27(38)35-29(2)11-18-5-7-23(29)10-25(18)34-26-8-6-19(13-31-26)24-9-20(22-15-32-36(3)16-22)17-37-28(24)21(12-30)14-33-37/h1,6,8-9,13-18,23,25H,5,7,10-11H2,2-3H3,(H,31,34)(H,35,38). The van der Waals surface area contributed by atoms with Crippen molar-refractivity contribution < 1.29 is 4.79 Å². The van der Waals surface area contributed by atoms with Crippen LogP contribution in [0.25, 0.3) is 27.8 Å². The van der Waals surface area contributed by atoms with E-state index in [-0.39, 0.29) is 11.4 Å². The van der Waals surface area contributed by atoms with Gasteiger partial charge in [0.1, 0.15) is 11.9 Å². The van der Waals surface area contributed by atoms with Crippen molar-refractivity contribution in [3.8, 4) is 40.7 Å². The predicted octanol–water partition coefficient (Wildman–Crippen LogP) is 3.78. The molecule has 9 nitrogen and oxygen atoms in total. The summed E-state index contributed by atoms with van der Waals surface area (Å²) in [6, 6.07) is 8.64. The molecule has 190 valence electrons. The Morgan fingerprint density at radius 2 is 2.03 bits per heavy atom. The van der Waals surface area contributed by atoms with Gasteiger partial charge in [-0.3, -0.25) is 9.48 Å². The number of amides is 1. The van der Waals surface area contributed by atoms with Crippen molar-refractivity contribution >= 4 is 17.2 Å². The van der Waals surface area contributed by atoms with E-state index < -0.39 is 0 Å². The molecule has 3 aliphatic rings. The fraction of sp³-hybridized carbons (Fsp3) is 0.345. The fourth-order valence-electron chi connectivity index (χ4n) is 6.37. The Labute approximate surface area is 220 Å². The van der Waals surface area contributed by atoms with Crippen LogP contribution in [0.1, 0.15) is 38.2 Å². The molecule has 1 amide bonds. The normalized spacial score (nSPS) is 24.1.